The molecule has 7 rings (SSSR count). The lowest BCUT2D eigenvalue weighted by Crippen LogP contribution is -2.31. The van der Waals surface area contributed by atoms with Crippen LogP contribution in [0.3, 0.4) is 0 Å². The summed E-state index contributed by atoms with van der Waals surface area (Å²) in [7, 11) is 1.35. The summed E-state index contributed by atoms with van der Waals surface area (Å²) in [5.74, 6) is 0.237. The minimum Gasteiger partial charge on any atom is -0.473 e. The fourth-order valence-corrected chi connectivity index (χ4v) is 5.84. The second-order valence-electron chi connectivity index (χ2n) is 10.7. The number of halogens is 3. The number of rotatable bonds is 9. The summed E-state index contributed by atoms with van der Waals surface area (Å²) in [5.41, 5.74) is 4.87. The Balaban J connectivity index is 1.12. The van der Waals surface area contributed by atoms with Crippen LogP contribution in [0.4, 0.5) is 4.39 Å². The maximum Gasteiger partial charge on any atom is 0.337 e. The number of nitrogens with zero attached hydrogens (tertiary/aromatic N) is 3. The van der Waals surface area contributed by atoms with Gasteiger partial charge in [0.1, 0.15) is 23.8 Å². The highest BCUT2D eigenvalue weighted by Gasteiger charge is 2.23. The van der Waals surface area contributed by atoms with E-state index >= 15 is 4.39 Å². The lowest BCUT2D eigenvalue weighted by atomic mass is 10.1. The van der Waals surface area contributed by atoms with Crippen LogP contribution in [0.25, 0.3) is 33.3 Å². The van der Waals surface area contributed by atoms with E-state index in [0.29, 0.717) is 68.7 Å². The largest absolute Gasteiger partial charge is 0.473 e. The van der Waals surface area contributed by atoms with Crippen LogP contribution in [0.1, 0.15) is 33.7 Å². The SMILES string of the molecule is COC(=O)c1ccc2nc(Cc3ccc(-c4cccc(OCc5ccc(Cl)c6cc(Cl)oc56)n4)cc3F)n(C[C@@H]3CCO3)c2c1. The van der Waals surface area contributed by atoms with E-state index in [4.69, 9.17) is 46.8 Å². The molecule has 6 aromatic rings. The highest BCUT2D eigenvalue weighted by molar-refractivity contribution is 6.36. The molecule has 1 fully saturated rings. The molecule has 11 heteroatoms. The molecule has 0 amide bonds. The molecule has 0 unspecified atom stereocenters. The Morgan fingerprint density at radius 2 is 1.89 bits per heavy atom. The molecule has 1 saturated heterocycles. The molecule has 0 aliphatic carbocycles. The molecule has 0 saturated carbocycles. The average Bonchev–Trinajstić information content (AvgIpc) is 3.59. The zero-order chi connectivity index (χ0) is 31.1. The van der Waals surface area contributed by atoms with Crippen molar-refractivity contribution in [3.63, 3.8) is 0 Å². The predicted molar refractivity (Wildman–Crippen MR) is 168 cm³/mol. The fourth-order valence-electron chi connectivity index (χ4n) is 5.45. The second-order valence-corrected chi connectivity index (χ2v) is 11.5. The summed E-state index contributed by atoms with van der Waals surface area (Å²) in [5, 5.41) is 1.48. The van der Waals surface area contributed by atoms with E-state index in [1.807, 2.05) is 16.7 Å². The molecule has 4 heterocycles. The lowest BCUT2D eigenvalue weighted by molar-refractivity contribution is -0.0589. The lowest BCUT2D eigenvalue weighted by Gasteiger charge is -2.27. The van der Waals surface area contributed by atoms with E-state index in [1.165, 1.54) is 13.2 Å². The van der Waals surface area contributed by atoms with Crippen molar-refractivity contribution >= 4 is 51.2 Å². The summed E-state index contributed by atoms with van der Waals surface area (Å²) in [4.78, 5) is 21.6. The molecule has 228 valence electrons. The number of imidazole rings is 1. The summed E-state index contributed by atoms with van der Waals surface area (Å²) in [6.07, 6.45) is 1.22. The Labute approximate surface area is 267 Å². The monoisotopic (exact) mass is 645 g/mol. The molecule has 0 bridgehead atoms. The van der Waals surface area contributed by atoms with Crippen LogP contribution in [0, 0.1) is 5.82 Å². The van der Waals surface area contributed by atoms with Gasteiger partial charge in [-0.05, 0) is 60.0 Å². The van der Waals surface area contributed by atoms with Gasteiger partial charge in [-0.15, -0.1) is 0 Å². The first-order chi connectivity index (χ1) is 21.9. The number of methoxy groups -OCH3 is 1. The second kappa shape index (κ2) is 12.2. The summed E-state index contributed by atoms with van der Waals surface area (Å²) >= 11 is 12.3. The van der Waals surface area contributed by atoms with Crippen molar-refractivity contribution in [1.82, 2.24) is 14.5 Å². The van der Waals surface area contributed by atoms with Gasteiger partial charge in [-0.3, -0.25) is 0 Å². The normalized spacial score (nSPS) is 14.5. The van der Waals surface area contributed by atoms with Crippen LogP contribution in [-0.4, -0.2) is 40.3 Å². The van der Waals surface area contributed by atoms with Gasteiger partial charge in [0.05, 0.1) is 47.1 Å². The molecule has 0 N–H and O–H groups in total. The minimum absolute atomic E-state index is 0.0401. The third-order valence-electron chi connectivity index (χ3n) is 7.91. The minimum atomic E-state index is -0.430. The van der Waals surface area contributed by atoms with Gasteiger partial charge in [0.25, 0.3) is 0 Å². The first-order valence-electron chi connectivity index (χ1n) is 14.3. The van der Waals surface area contributed by atoms with Crippen LogP contribution in [-0.2, 0) is 29.0 Å². The smallest absolute Gasteiger partial charge is 0.337 e. The molecule has 45 heavy (non-hydrogen) atoms. The Morgan fingerprint density at radius 3 is 2.67 bits per heavy atom. The quantitative estimate of drug-likeness (QED) is 0.147. The number of benzene rings is 3. The summed E-state index contributed by atoms with van der Waals surface area (Å²) in [6, 6.07) is 20.8. The van der Waals surface area contributed by atoms with Crippen molar-refractivity contribution in [3.05, 3.63) is 111 Å². The highest BCUT2D eigenvalue weighted by Crippen LogP contribution is 2.33. The summed E-state index contributed by atoms with van der Waals surface area (Å²) in [6.45, 7) is 1.44. The zero-order valence-electron chi connectivity index (χ0n) is 24.1. The van der Waals surface area contributed by atoms with Gasteiger partial charge in [0, 0.05) is 41.7 Å². The van der Waals surface area contributed by atoms with Crippen LogP contribution in [0.5, 0.6) is 5.88 Å². The Bertz CT molecular complexity index is 2070. The standard InChI is InChI=1S/C34H26Cl2FN3O5/c1-42-34(41)21-8-10-28-29(14-21)40(17-23-11-12-43-23)31(38-28)15-19-5-6-20(13-26(19)37)27-3-2-4-32(39-27)44-18-22-7-9-25(35)24-16-30(36)45-33(22)24/h2-10,13-14,16,23H,11-12,15,17-18H2,1H3/t23-/m0/s1. The number of esters is 1. The fraction of sp³-hybridized carbons (Fsp3) is 0.206. The van der Waals surface area contributed by atoms with Crippen LogP contribution >= 0.6 is 23.2 Å². The number of pyridine rings is 1. The Morgan fingerprint density at radius 1 is 1.04 bits per heavy atom. The molecule has 1 aliphatic heterocycles. The first-order valence-corrected chi connectivity index (χ1v) is 15.1. The van der Waals surface area contributed by atoms with Crippen molar-refractivity contribution in [3.8, 4) is 17.1 Å². The number of carbonyl (C=O) groups excluding carboxylic acids is 1. The molecule has 8 nitrogen and oxygen atoms in total. The Hall–Kier alpha value is -4.44. The van der Waals surface area contributed by atoms with Crippen LogP contribution < -0.4 is 4.74 Å². The van der Waals surface area contributed by atoms with Crippen molar-refractivity contribution in [2.45, 2.75) is 32.1 Å². The molecular weight excluding hydrogens is 620 g/mol. The van der Waals surface area contributed by atoms with Crippen molar-refractivity contribution < 1.29 is 27.8 Å². The molecule has 3 aromatic carbocycles. The molecule has 1 atom stereocenters. The van der Waals surface area contributed by atoms with Gasteiger partial charge in [0.2, 0.25) is 5.88 Å². The van der Waals surface area contributed by atoms with Crippen molar-refractivity contribution in [1.29, 1.82) is 0 Å². The molecule has 0 spiro atoms. The van der Waals surface area contributed by atoms with Gasteiger partial charge >= 0.3 is 5.97 Å². The van der Waals surface area contributed by atoms with Gasteiger partial charge in [-0.2, -0.15) is 0 Å². The van der Waals surface area contributed by atoms with E-state index in [9.17, 15) is 4.79 Å². The topological polar surface area (TPSA) is 88.6 Å². The van der Waals surface area contributed by atoms with Gasteiger partial charge in [-0.25, -0.2) is 19.2 Å². The van der Waals surface area contributed by atoms with E-state index in [2.05, 4.69) is 4.98 Å². The van der Waals surface area contributed by atoms with E-state index < -0.39 is 5.97 Å². The third-order valence-corrected chi connectivity index (χ3v) is 8.42. The zero-order valence-corrected chi connectivity index (χ0v) is 25.6. The molecular formula is C34H26Cl2FN3O5. The van der Waals surface area contributed by atoms with E-state index in [0.717, 1.165) is 17.5 Å². The van der Waals surface area contributed by atoms with Crippen LogP contribution in [0.15, 0.2) is 77.2 Å². The van der Waals surface area contributed by atoms with Crippen LogP contribution in [0.2, 0.25) is 10.2 Å². The molecule has 1 aliphatic rings. The van der Waals surface area contributed by atoms with E-state index in [1.54, 1.807) is 54.6 Å². The summed E-state index contributed by atoms with van der Waals surface area (Å²) < 4.78 is 39.8. The number of furan rings is 1. The third kappa shape index (κ3) is 5.86. The molecule has 0 radical (unpaired) electrons. The Kier molecular flexibility index (Phi) is 7.91. The number of hydrogen-bond donors (Lipinski definition) is 0. The van der Waals surface area contributed by atoms with Crippen molar-refractivity contribution in [2.75, 3.05) is 13.7 Å². The van der Waals surface area contributed by atoms with E-state index in [-0.39, 0.29) is 30.2 Å². The number of ether oxygens (including phenoxy) is 3. The number of carbonyl (C=O) groups is 1. The van der Waals surface area contributed by atoms with Gasteiger partial charge in [0.15, 0.2) is 5.22 Å². The number of aromatic nitrogens is 3. The highest BCUT2D eigenvalue weighted by atomic mass is 35.5. The first kappa shape index (κ1) is 29.3. The number of fused-ring (bicyclic) bond motifs is 2. The van der Waals surface area contributed by atoms with Gasteiger partial charge in [-0.1, -0.05) is 35.9 Å². The number of hydrogen-bond acceptors (Lipinski definition) is 7. The molecule has 3 aromatic heterocycles. The maximum atomic E-state index is 15.6. The average molecular weight is 647 g/mol. The predicted octanol–water partition coefficient (Wildman–Crippen LogP) is 8.04. The van der Waals surface area contributed by atoms with Crippen molar-refractivity contribution in [2.24, 2.45) is 0 Å². The maximum absolute atomic E-state index is 15.6. The van der Waals surface area contributed by atoms with Gasteiger partial charge < -0.3 is 23.2 Å².